The van der Waals surface area contributed by atoms with Gasteiger partial charge >= 0.3 is 0 Å². The summed E-state index contributed by atoms with van der Waals surface area (Å²) in [6, 6.07) is 7.40. The quantitative estimate of drug-likeness (QED) is 0.833. The number of aromatic nitrogens is 2. The van der Waals surface area contributed by atoms with E-state index in [0.29, 0.717) is 11.4 Å². The largest absolute Gasteiger partial charge is 0.315 e. The number of azo groups is 1. The van der Waals surface area contributed by atoms with Crippen LogP contribution in [0.1, 0.15) is 5.69 Å². The third-order valence-corrected chi connectivity index (χ3v) is 3.90. The average molecular weight is 363 g/mol. The number of nitrogens with one attached hydrogen (secondary N) is 1. The molecule has 2 aromatic rings. The minimum absolute atomic E-state index is 0.276. The van der Waals surface area contributed by atoms with Gasteiger partial charge in [-0.2, -0.15) is 10.2 Å². The smallest absolute Gasteiger partial charge is 0.296 e. The number of likely N-dealkylation sites (N-methyl/N-ethyl adjacent to an activating group) is 1. The fourth-order valence-electron chi connectivity index (χ4n) is 2.19. The van der Waals surface area contributed by atoms with Crippen molar-refractivity contribution in [2.24, 2.45) is 17.3 Å². The zero-order valence-corrected chi connectivity index (χ0v) is 13.8. The average Bonchev–Trinajstić information content (AvgIpc) is 2.50. The van der Waals surface area contributed by atoms with E-state index in [2.05, 4.69) is 36.7 Å². The third kappa shape index (κ3) is 2.93. The molecule has 0 amide bonds. The van der Waals surface area contributed by atoms with Gasteiger partial charge in [0.1, 0.15) is 5.69 Å². The van der Waals surface area contributed by atoms with Crippen LogP contribution in [0, 0.1) is 0 Å². The van der Waals surface area contributed by atoms with Gasteiger partial charge in [0.2, 0.25) is 0 Å². The first-order valence-electron chi connectivity index (χ1n) is 6.80. The predicted molar refractivity (Wildman–Crippen MR) is 87.8 cm³/mol. The molecule has 1 aromatic carbocycles. The van der Waals surface area contributed by atoms with Crippen molar-refractivity contribution in [1.29, 1.82) is 0 Å². The number of aryl methyl sites for hydroxylation is 1. The number of rotatable bonds is 2. The van der Waals surface area contributed by atoms with Crippen molar-refractivity contribution < 1.29 is 0 Å². The van der Waals surface area contributed by atoms with Gasteiger partial charge in [0.05, 0.1) is 11.4 Å². The van der Waals surface area contributed by atoms with E-state index in [1.165, 1.54) is 4.68 Å². The first-order valence-corrected chi connectivity index (χ1v) is 7.59. The van der Waals surface area contributed by atoms with E-state index in [1.807, 2.05) is 36.3 Å². The number of fused-ring (bicyclic) bond motifs is 1. The van der Waals surface area contributed by atoms with Crippen molar-refractivity contribution in [2.45, 2.75) is 6.42 Å². The normalized spacial score (nSPS) is 14.9. The Hall–Kier alpha value is -2.06. The highest BCUT2D eigenvalue weighted by atomic mass is 79.9. The molecule has 0 saturated carbocycles. The molecule has 0 bridgehead atoms. The molecule has 0 saturated heterocycles. The van der Waals surface area contributed by atoms with E-state index in [0.717, 1.165) is 23.1 Å². The van der Waals surface area contributed by atoms with Gasteiger partial charge in [0.25, 0.3) is 5.56 Å². The van der Waals surface area contributed by atoms with Gasteiger partial charge in [-0.3, -0.25) is 4.79 Å². The number of anilines is 1. The van der Waals surface area contributed by atoms with Crippen LogP contribution in [0.5, 0.6) is 0 Å². The summed E-state index contributed by atoms with van der Waals surface area (Å²) in [6.07, 6.45) is 0.758. The monoisotopic (exact) mass is 362 g/mol. The first kappa shape index (κ1) is 14.9. The molecule has 3 rings (SSSR count). The molecule has 2 heterocycles. The summed E-state index contributed by atoms with van der Waals surface area (Å²) in [6.45, 7) is 0.821. The second kappa shape index (κ2) is 5.98. The Labute approximate surface area is 135 Å². The molecule has 1 aromatic heterocycles. The van der Waals surface area contributed by atoms with Gasteiger partial charge in [-0.15, -0.1) is 5.11 Å². The molecule has 8 heteroatoms. The van der Waals surface area contributed by atoms with E-state index in [1.54, 1.807) is 7.05 Å². The second-order valence-electron chi connectivity index (χ2n) is 5.06. The second-order valence-corrected chi connectivity index (χ2v) is 5.97. The lowest BCUT2D eigenvalue weighted by atomic mass is 10.2. The molecule has 1 aliphatic heterocycles. The van der Waals surface area contributed by atoms with Crippen molar-refractivity contribution in [3.63, 3.8) is 0 Å². The number of halogens is 1. The maximum Gasteiger partial charge on any atom is 0.296 e. The summed E-state index contributed by atoms with van der Waals surface area (Å²) in [4.78, 5) is 12.3. The molecule has 0 fully saturated rings. The minimum atomic E-state index is -0.276. The van der Waals surface area contributed by atoms with Crippen LogP contribution in [-0.4, -0.2) is 28.4 Å². The molecule has 22 heavy (non-hydrogen) atoms. The highest BCUT2D eigenvalue weighted by molar-refractivity contribution is 9.10. The van der Waals surface area contributed by atoms with Crippen molar-refractivity contribution in [2.75, 3.05) is 19.0 Å². The topological polar surface area (TPSA) is 74.9 Å². The van der Waals surface area contributed by atoms with E-state index in [4.69, 9.17) is 0 Å². The standard InChI is InChI=1S/C14H15BrN6O/c1-20-8-7-11-12(19-20)13(14(22)21(2)18-11)17-16-10-5-3-9(15)4-6-10/h3-6,19H,7-8H2,1-2H3. The van der Waals surface area contributed by atoms with Gasteiger partial charge in [-0.1, -0.05) is 15.9 Å². The first-order chi connectivity index (χ1) is 10.5. The van der Waals surface area contributed by atoms with Crippen LogP contribution in [0.4, 0.5) is 17.1 Å². The van der Waals surface area contributed by atoms with Crippen molar-refractivity contribution in [1.82, 2.24) is 14.8 Å². The van der Waals surface area contributed by atoms with Crippen molar-refractivity contribution in [3.05, 3.63) is 44.8 Å². The minimum Gasteiger partial charge on any atom is -0.315 e. The summed E-state index contributed by atoms with van der Waals surface area (Å²) in [5.41, 5.74) is 5.28. The molecular formula is C14H15BrN6O. The Morgan fingerprint density at radius 2 is 1.95 bits per heavy atom. The van der Waals surface area contributed by atoms with E-state index in [9.17, 15) is 4.79 Å². The Kier molecular flexibility index (Phi) is 4.04. The molecule has 0 unspecified atom stereocenters. The Bertz CT molecular complexity index is 783. The summed E-state index contributed by atoms with van der Waals surface area (Å²) in [5.74, 6) is 0. The molecule has 0 radical (unpaired) electrons. The maximum atomic E-state index is 12.3. The molecule has 0 aliphatic carbocycles. The Balaban J connectivity index is 2.04. The lowest BCUT2D eigenvalue weighted by Crippen LogP contribution is -2.35. The van der Waals surface area contributed by atoms with Crippen LogP contribution in [0.3, 0.4) is 0 Å². The predicted octanol–water partition coefficient (Wildman–Crippen LogP) is 2.77. The fraction of sp³-hybridized carbons (Fsp3) is 0.286. The van der Waals surface area contributed by atoms with Gasteiger partial charge < -0.3 is 5.43 Å². The molecule has 0 spiro atoms. The maximum absolute atomic E-state index is 12.3. The van der Waals surface area contributed by atoms with Crippen molar-refractivity contribution in [3.8, 4) is 0 Å². The summed E-state index contributed by atoms with van der Waals surface area (Å²) < 4.78 is 2.27. The molecular weight excluding hydrogens is 348 g/mol. The summed E-state index contributed by atoms with van der Waals surface area (Å²) in [7, 11) is 3.54. The SMILES string of the molecule is CN1CCc2nn(C)c(=O)c(N=Nc3ccc(Br)cc3)c2N1. The molecule has 1 aliphatic rings. The summed E-state index contributed by atoms with van der Waals surface area (Å²) >= 11 is 3.37. The highest BCUT2D eigenvalue weighted by Gasteiger charge is 2.21. The molecule has 7 nitrogen and oxygen atoms in total. The number of hydrogen-bond donors (Lipinski definition) is 1. The lowest BCUT2D eigenvalue weighted by molar-refractivity contribution is 0.385. The van der Waals surface area contributed by atoms with Crippen LogP contribution in [-0.2, 0) is 13.5 Å². The molecule has 114 valence electrons. The third-order valence-electron chi connectivity index (χ3n) is 3.37. The van der Waals surface area contributed by atoms with E-state index in [-0.39, 0.29) is 11.2 Å². The number of hydrogen-bond acceptors (Lipinski definition) is 6. The van der Waals surface area contributed by atoms with E-state index < -0.39 is 0 Å². The molecule has 0 atom stereocenters. The number of benzene rings is 1. The van der Waals surface area contributed by atoms with Crippen LogP contribution < -0.4 is 11.0 Å². The van der Waals surface area contributed by atoms with Gasteiger partial charge in [0.15, 0.2) is 5.69 Å². The fourth-order valence-corrected chi connectivity index (χ4v) is 2.46. The zero-order valence-electron chi connectivity index (χ0n) is 12.2. The van der Waals surface area contributed by atoms with Crippen LogP contribution in [0.2, 0.25) is 0 Å². The zero-order chi connectivity index (χ0) is 15.7. The Morgan fingerprint density at radius 3 is 2.68 bits per heavy atom. The lowest BCUT2D eigenvalue weighted by Gasteiger charge is -2.26. The summed E-state index contributed by atoms with van der Waals surface area (Å²) in [5, 5.41) is 14.5. The van der Waals surface area contributed by atoms with Crippen LogP contribution in [0.25, 0.3) is 0 Å². The Morgan fingerprint density at radius 1 is 1.23 bits per heavy atom. The van der Waals surface area contributed by atoms with Crippen LogP contribution >= 0.6 is 15.9 Å². The van der Waals surface area contributed by atoms with Crippen molar-refractivity contribution >= 4 is 33.0 Å². The van der Waals surface area contributed by atoms with Gasteiger partial charge in [0, 0.05) is 31.5 Å². The molecule has 1 N–H and O–H groups in total. The number of nitrogens with zero attached hydrogens (tertiary/aromatic N) is 5. The highest BCUT2D eigenvalue weighted by Crippen LogP contribution is 2.29. The number of hydrazine groups is 1. The van der Waals surface area contributed by atoms with Gasteiger partial charge in [-0.05, 0) is 24.3 Å². The van der Waals surface area contributed by atoms with E-state index >= 15 is 0 Å². The van der Waals surface area contributed by atoms with Gasteiger partial charge in [-0.25, -0.2) is 9.69 Å². The van der Waals surface area contributed by atoms with Crippen LogP contribution in [0.15, 0.2) is 43.8 Å².